The maximum atomic E-state index is 12.6. The molecule has 0 amide bonds. The molecule has 0 rings (SSSR count). The van der Waals surface area contributed by atoms with Crippen molar-refractivity contribution >= 4 is 17.7 Å². The van der Waals surface area contributed by atoms with Crippen LogP contribution in [0.25, 0.3) is 0 Å². The number of rotatable bonds is 21. The van der Waals surface area contributed by atoms with Crippen molar-refractivity contribution in [3.63, 3.8) is 0 Å². The van der Waals surface area contributed by atoms with Crippen LogP contribution in [0.2, 0.25) is 0 Å². The molecule has 0 aromatic carbocycles. The monoisotopic (exact) mass is 494 g/mol. The Kier molecular flexibility index (Phi) is 24.0. The van der Waals surface area contributed by atoms with Crippen LogP contribution >= 0.6 is 0 Å². The average Bonchev–Trinajstić information content (AvgIpc) is 2.79. The summed E-state index contributed by atoms with van der Waals surface area (Å²) < 4.78 is 0. The standard InChI is InChI=1S/C27H50O3.C3H4O2/c1-6-7-8-9-10-11-12-13-14-15-16-17-18-19-20-21-24(28)25(22(2)3)26(23(4)5)27(29)30;1-2-3(4)5/h22-23H,6-21H2,1-5H3,(H,29,30);2H,1H2,(H,4,5). The minimum atomic E-state index is -0.981. The number of aliphatic carboxylic acids is 2. The Morgan fingerprint density at radius 2 is 0.943 bits per heavy atom. The quantitative estimate of drug-likeness (QED) is 0.123. The molecule has 0 spiro atoms. The maximum absolute atomic E-state index is 12.6. The van der Waals surface area contributed by atoms with Crippen LogP contribution in [-0.2, 0) is 14.4 Å². The summed E-state index contributed by atoms with van der Waals surface area (Å²) >= 11 is 0. The number of unbranched alkanes of at least 4 members (excludes halogenated alkanes) is 14. The Balaban J connectivity index is 0. The fraction of sp³-hybridized carbons (Fsp3) is 0.767. The highest BCUT2D eigenvalue weighted by Gasteiger charge is 2.24. The molecule has 0 saturated carbocycles. The van der Waals surface area contributed by atoms with Crippen molar-refractivity contribution in [2.24, 2.45) is 11.8 Å². The molecule has 0 fully saturated rings. The zero-order chi connectivity index (χ0) is 27.1. The normalized spacial score (nSPS) is 11.6. The minimum Gasteiger partial charge on any atom is -0.478 e. The lowest BCUT2D eigenvalue weighted by Gasteiger charge is -2.17. The van der Waals surface area contributed by atoms with Gasteiger partial charge in [-0.1, -0.05) is 131 Å². The van der Waals surface area contributed by atoms with Gasteiger partial charge in [0.15, 0.2) is 5.78 Å². The molecule has 0 aliphatic heterocycles. The Morgan fingerprint density at radius 3 is 1.20 bits per heavy atom. The summed E-state index contributed by atoms with van der Waals surface area (Å²) in [5, 5.41) is 17.1. The summed E-state index contributed by atoms with van der Waals surface area (Å²) in [6.45, 7) is 12.8. The SMILES string of the molecule is C=CC(=O)O.CCCCCCCCCCCCCCCCCC(=O)C(=C(C(=O)O)C(C)C)C(C)C. The molecule has 0 bridgehead atoms. The van der Waals surface area contributed by atoms with Crippen LogP contribution in [0.3, 0.4) is 0 Å². The summed E-state index contributed by atoms with van der Waals surface area (Å²) in [5.41, 5.74) is 0.832. The molecule has 0 atom stereocenters. The zero-order valence-corrected chi connectivity index (χ0v) is 23.4. The van der Waals surface area contributed by atoms with Crippen LogP contribution in [0.4, 0.5) is 0 Å². The van der Waals surface area contributed by atoms with Gasteiger partial charge in [-0.05, 0) is 18.3 Å². The number of ketones is 1. The van der Waals surface area contributed by atoms with Crippen LogP contribution in [0.15, 0.2) is 23.8 Å². The molecular formula is C30H54O5. The number of Topliss-reactive ketones (excluding diaryl/α,β-unsaturated/α-hetero) is 1. The van der Waals surface area contributed by atoms with E-state index in [0.29, 0.717) is 17.6 Å². The van der Waals surface area contributed by atoms with Gasteiger partial charge in [0.05, 0.1) is 0 Å². The van der Waals surface area contributed by atoms with Crippen LogP contribution in [0, 0.1) is 11.8 Å². The molecule has 35 heavy (non-hydrogen) atoms. The Hall–Kier alpha value is -1.91. The molecule has 0 radical (unpaired) electrons. The van der Waals surface area contributed by atoms with Gasteiger partial charge in [0.1, 0.15) is 0 Å². The van der Waals surface area contributed by atoms with Gasteiger partial charge in [0.2, 0.25) is 0 Å². The third kappa shape index (κ3) is 21.1. The lowest BCUT2D eigenvalue weighted by atomic mass is 9.86. The number of carbonyl (C=O) groups excluding carboxylic acids is 1. The molecule has 0 aliphatic rings. The summed E-state index contributed by atoms with van der Waals surface area (Å²) in [5.74, 6) is -2.07. The highest BCUT2D eigenvalue weighted by atomic mass is 16.4. The van der Waals surface area contributed by atoms with Gasteiger partial charge in [0.25, 0.3) is 0 Å². The van der Waals surface area contributed by atoms with Crippen molar-refractivity contribution in [1.82, 2.24) is 0 Å². The molecular weight excluding hydrogens is 440 g/mol. The first-order valence-corrected chi connectivity index (χ1v) is 14.0. The molecule has 0 unspecified atom stereocenters. The molecule has 204 valence electrons. The van der Waals surface area contributed by atoms with Crippen LogP contribution in [-0.4, -0.2) is 27.9 Å². The molecule has 0 heterocycles. The van der Waals surface area contributed by atoms with E-state index in [-0.39, 0.29) is 17.6 Å². The van der Waals surface area contributed by atoms with E-state index in [9.17, 15) is 19.5 Å². The van der Waals surface area contributed by atoms with Gasteiger partial charge in [-0.2, -0.15) is 0 Å². The van der Waals surface area contributed by atoms with E-state index in [0.717, 1.165) is 18.9 Å². The number of carboxylic acid groups (broad SMARTS) is 2. The van der Waals surface area contributed by atoms with Crippen molar-refractivity contribution in [2.45, 2.75) is 137 Å². The predicted octanol–water partition coefficient (Wildman–Crippen LogP) is 8.77. The third-order valence-corrected chi connectivity index (χ3v) is 6.16. The maximum Gasteiger partial charge on any atom is 0.332 e. The van der Waals surface area contributed by atoms with Gasteiger partial charge >= 0.3 is 11.9 Å². The number of hydrogen-bond donors (Lipinski definition) is 2. The molecule has 2 N–H and O–H groups in total. The third-order valence-electron chi connectivity index (χ3n) is 6.16. The van der Waals surface area contributed by atoms with Gasteiger partial charge in [0, 0.05) is 23.6 Å². The van der Waals surface area contributed by atoms with E-state index in [1.165, 1.54) is 83.5 Å². The topological polar surface area (TPSA) is 91.7 Å². The molecule has 0 aromatic rings. The lowest BCUT2D eigenvalue weighted by molar-refractivity contribution is -0.134. The van der Waals surface area contributed by atoms with E-state index in [2.05, 4.69) is 13.5 Å². The van der Waals surface area contributed by atoms with Crippen molar-refractivity contribution in [3.05, 3.63) is 23.8 Å². The number of carbonyl (C=O) groups is 3. The van der Waals surface area contributed by atoms with E-state index in [1.54, 1.807) is 0 Å². The van der Waals surface area contributed by atoms with Gasteiger partial charge in [-0.15, -0.1) is 0 Å². The second-order valence-electron chi connectivity index (χ2n) is 10.1. The van der Waals surface area contributed by atoms with Gasteiger partial charge in [-0.25, -0.2) is 9.59 Å². The molecule has 0 saturated heterocycles. The van der Waals surface area contributed by atoms with E-state index in [4.69, 9.17) is 5.11 Å². The van der Waals surface area contributed by atoms with Crippen LogP contribution in [0.1, 0.15) is 137 Å². The fourth-order valence-corrected chi connectivity index (χ4v) is 4.25. The number of allylic oxidation sites excluding steroid dienone is 1. The minimum absolute atomic E-state index is 0.0331. The Bertz CT molecular complexity index is 616. The van der Waals surface area contributed by atoms with Crippen molar-refractivity contribution < 1.29 is 24.6 Å². The molecule has 0 aromatic heterocycles. The van der Waals surface area contributed by atoms with E-state index in [1.807, 2.05) is 27.7 Å². The second kappa shape index (κ2) is 23.8. The summed E-state index contributed by atoms with van der Waals surface area (Å²) in [6.07, 6.45) is 20.9. The van der Waals surface area contributed by atoms with Crippen molar-refractivity contribution in [2.75, 3.05) is 0 Å². The van der Waals surface area contributed by atoms with Gasteiger partial charge < -0.3 is 10.2 Å². The first-order chi connectivity index (χ1) is 16.6. The first kappa shape index (κ1) is 35.3. The number of hydrogen-bond acceptors (Lipinski definition) is 3. The van der Waals surface area contributed by atoms with Crippen LogP contribution in [0.5, 0.6) is 0 Å². The predicted molar refractivity (Wildman–Crippen MR) is 147 cm³/mol. The fourth-order valence-electron chi connectivity index (χ4n) is 4.25. The van der Waals surface area contributed by atoms with E-state index < -0.39 is 11.9 Å². The van der Waals surface area contributed by atoms with Crippen molar-refractivity contribution in [1.29, 1.82) is 0 Å². The molecule has 5 nitrogen and oxygen atoms in total. The second-order valence-corrected chi connectivity index (χ2v) is 10.1. The van der Waals surface area contributed by atoms with E-state index >= 15 is 0 Å². The Labute approximate surface area is 215 Å². The summed E-state index contributed by atoms with van der Waals surface area (Å²) in [6, 6.07) is 0. The molecule has 5 heteroatoms. The van der Waals surface area contributed by atoms with Crippen LogP contribution < -0.4 is 0 Å². The van der Waals surface area contributed by atoms with Crippen molar-refractivity contribution in [3.8, 4) is 0 Å². The Morgan fingerprint density at radius 1 is 0.629 bits per heavy atom. The largest absolute Gasteiger partial charge is 0.478 e. The summed E-state index contributed by atoms with van der Waals surface area (Å²) in [4.78, 5) is 33.5. The molecule has 0 aliphatic carbocycles. The average molecular weight is 495 g/mol. The summed E-state index contributed by atoms with van der Waals surface area (Å²) in [7, 11) is 0. The number of carboxylic acids is 2. The van der Waals surface area contributed by atoms with Gasteiger partial charge in [-0.3, -0.25) is 4.79 Å². The first-order valence-electron chi connectivity index (χ1n) is 14.0. The highest BCUT2D eigenvalue weighted by molar-refractivity contribution is 6.03. The highest BCUT2D eigenvalue weighted by Crippen LogP contribution is 2.25. The lowest BCUT2D eigenvalue weighted by Crippen LogP contribution is -2.19. The zero-order valence-electron chi connectivity index (χ0n) is 23.4. The smallest absolute Gasteiger partial charge is 0.332 e.